The van der Waals surface area contributed by atoms with Crippen LogP contribution in [0.1, 0.15) is 11.3 Å². The zero-order chi connectivity index (χ0) is 17.8. The number of aromatic nitrogens is 2. The fraction of sp³-hybridized carbons (Fsp3) is 0.222. The first-order valence-electron chi connectivity index (χ1n) is 7.97. The van der Waals surface area contributed by atoms with Gasteiger partial charge in [-0.1, -0.05) is 24.3 Å². The van der Waals surface area contributed by atoms with E-state index in [0.717, 1.165) is 22.2 Å². The lowest BCUT2D eigenvalue weighted by Gasteiger charge is -2.14. The van der Waals surface area contributed by atoms with Gasteiger partial charge in [0.25, 0.3) is 0 Å². The Labute approximate surface area is 145 Å². The van der Waals surface area contributed by atoms with Crippen molar-refractivity contribution in [3.05, 3.63) is 53.7 Å². The Kier molecular flexibility index (Phi) is 4.97. The highest BCUT2D eigenvalue weighted by atomic mass is 16.5. The first-order chi connectivity index (χ1) is 12.1. The number of amides is 1. The number of H-pyrrole nitrogens is 1. The van der Waals surface area contributed by atoms with Crippen LogP contribution in [0.2, 0.25) is 0 Å². The lowest BCUT2D eigenvalue weighted by Crippen LogP contribution is -2.37. The number of carbonyl (C=O) groups excluding carboxylic acids is 1. The summed E-state index contributed by atoms with van der Waals surface area (Å²) in [6.45, 7) is 0.365. The maximum Gasteiger partial charge on any atom is 0.241 e. The van der Waals surface area contributed by atoms with Gasteiger partial charge in [0.15, 0.2) is 0 Å². The fourth-order valence-electron chi connectivity index (χ4n) is 2.71. The van der Waals surface area contributed by atoms with Crippen molar-refractivity contribution in [1.82, 2.24) is 10.2 Å². The summed E-state index contributed by atoms with van der Waals surface area (Å²) in [6, 6.07) is 12.3. The van der Waals surface area contributed by atoms with Crippen LogP contribution < -0.4 is 21.5 Å². The number of methoxy groups -OCH3 is 1. The number of nitrogens with two attached hydrogens (primary N) is 2. The summed E-state index contributed by atoms with van der Waals surface area (Å²) in [5.74, 6) is 0.356. The molecule has 0 spiro atoms. The highest BCUT2D eigenvalue weighted by Crippen LogP contribution is 2.23. The zero-order valence-corrected chi connectivity index (χ0v) is 14.0. The third kappa shape index (κ3) is 3.62. The molecule has 0 radical (unpaired) electrons. The summed E-state index contributed by atoms with van der Waals surface area (Å²) in [6.07, 6.45) is 0.365. The summed E-state index contributed by atoms with van der Waals surface area (Å²) >= 11 is 0. The van der Waals surface area contributed by atoms with E-state index in [1.54, 1.807) is 19.2 Å². The summed E-state index contributed by atoms with van der Waals surface area (Å²) in [5, 5.41) is 11.0. The number of fused-ring (bicyclic) bond motifs is 1. The van der Waals surface area contributed by atoms with Crippen LogP contribution in [0.3, 0.4) is 0 Å². The molecule has 0 saturated heterocycles. The van der Waals surface area contributed by atoms with Crippen LogP contribution in [0, 0.1) is 0 Å². The van der Waals surface area contributed by atoms with Gasteiger partial charge < -0.3 is 21.5 Å². The number of nitrogens with one attached hydrogen (secondary N) is 2. The molecule has 0 aliphatic rings. The van der Waals surface area contributed by atoms with Crippen molar-refractivity contribution in [3.8, 4) is 5.75 Å². The number of para-hydroxylation sites is 1. The van der Waals surface area contributed by atoms with E-state index >= 15 is 0 Å². The van der Waals surface area contributed by atoms with Crippen LogP contribution in [0.25, 0.3) is 10.9 Å². The van der Waals surface area contributed by atoms with E-state index in [-0.39, 0.29) is 5.91 Å². The van der Waals surface area contributed by atoms with Crippen LogP contribution in [-0.2, 0) is 17.8 Å². The Bertz CT molecular complexity index is 890. The van der Waals surface area contributed by atoms with Crippen molar-refractivity contribution in [2.75, 3.05) is 12.4 Å². The summed E-state index contributed by atoms with van der Waals surface area (Å²) in [4.78, 5) is 12.4. The minimum Gasteiger partial charge on any atom is -0.496 e. The standard InChI is InChI=1S/C18H21N5O2/c1-25-17-8-12(7-6-11(17)10-19)21-18(24)14(20)9-16-13-4-2-3-5-15(13)22-23-16/h2-8,14H,9-10,19-20H2,1H3,(H,21,24)(H,22,23). The van der Waals surface area contributed by atoms with E-state index in [1.807, 2.05) is 30.3 Å². The topological polar surface area (TPSA) is 119 Å². The molecule has 0 aliphatic heterocycles. The third-order valence-electron chi connectivity index (χ3n) is 4.08. The molecule has 0 aliphatic carbocycles. The predicted molar refractivity (Wildman–Crippen MR) is 97.3 cm³/mol. The molecule has 0 saturated carbocycles. The molecular weight excluding hydrogens is 318 g/mol. The molecule has 130 valence electrons. The highest BCUT2D eigenvalue weighted by Gasteiger charge is 2.17. The molecule has 7 nitrogen and oxygen atoms in total. The summed E-state index contributed by atoms with van der Waals surface area (Å²) in [7, 11) is 1.56. The minimum atomic E-state index is -0.705. The molecule has 1 amide bonds. The third-order valence-corrected chi connectivity index (χ3v) is 4.08. The number of hydrogen-bond acceptors (Lipinski definition) is 5. The first-order valence-corrected chi connectivity index (χ1v) is 7.97. The van der Waals surface area contributed by atoms with Gasteiger partial charge in [0, 0.05) is 41.4 Å². The van der Waals surface area contributed by atoms with Crippen molar-refractivity contribution in [2.24, 2.45) is 11.5 Å². The lowest BCUT2D eigenvalue weighted by atomic mass is 10.1. The molecule has 25 heavy (non-hydrogen) atoms. The van der Waals surface area contributed by atoms with Crippen LogP contribution in [-0.4, -0.2) is 29.3 Å². The van der Waals surface area contributed by atoms with Crippen LogP contribution in [0.5, 0.6) is 5.75 Å². The van der Waals surface area contributed by atoms with Gasteiger partial charge in [-0.3, -0.25) is 9.89 Å². The molecule has 7 heteroatoms. The van der Waals surface area contributed by atoms with E-state index in [4.69, 9.17) is 16.2 Å². The van der Waals surface area contributed by atoms with Gasteiger partial charge in [-0.25, -0.2) is 0 Å². The largest absolute Gasteiger partial charge is 0.496 e. The monoisotopic (exact) mass is 339 g/mol. The van der Waals surface area contributed by atoms with Crippen LogP contribution in [0.4, 0.5) is 5.69 Å². The molecule has 1 atom stereocenters. The number of anilines is 1. The van der Waals surface area contributed by atoms with E-state index in [1.165, 1.54) is 0 Å². The second kappa shape index (κ2) is 7.33. The lowest BCUT2D eigenvalue weighted by molar-refractivity contribution is -0.117. The molecule has 1 unspecified atom stereocenters. The van der Waals surface area contributed by atoms with Gasteiger partial charge in [0.1, 0.15) is 5.75 Å². The number of aromatic amines is 1. The Hall–Kier alpha value is -2.90. The second-order valence-corrected chi connectivity index (χ2v) is 5.75. The average Bonchev–Trinajstić information content (AvgIpc) is 3.04. The van der Waals surface area contributed by atoms with Crippen LogP contribution in [0.15, 0.2) is 42.5 Å². The number of nitrogens with zero attached hydrogens (tertiary/aromatic N) is 1. The van der Waals surface area contributed by atoms with Crippen molar-refractivity contribution in [1.29, 1.82) is 0 Å². The van der Waals surface area contributed by atoms with Crippen molar-refractivity contribution < 1.29 is 9.53 Å². The van der Waals surface area contributed by atoms with Crippen molar-refractivity contribution in [2.45, 2.75) is 19.0 Å². The van der Waals surface area contributed by atoms with E-state index < -0.39 is 6.04 Å². The molecule has 3 aromatic rings. The van der Waals surface area contributed by atoms with E-state index in [2.05, 4.69) is 15.5 Å². The van der Waals surface area contributed by atoms with Gasteiger partial charge in [-0.05, 0) is 12.1 Å². The molecule has 1 heterocycles. The first kappa shape index (κ1) is 16.9. The van der Waals surface area contributed by atoms with Gasteiger partial charge >= 0.3 is 0 Å². The predicted octanol–water partition coefficient (Wildman–Crippen LogP) is 1.54. The minimum absolute atomic E-state index is 0.277. The Morgan fingerprint density at radius 3 is 2.88 bits per heavy atom. The Morgan fingerprint density at radius 1 is 1.32 bits per heavy atom. The fourth-order valence-corrected chi connectivity index (χ4v) is 2.71. The Morgan fingerprint density at radius 2 is 2.12 bits per heavy atom. The number of hydrogen-bond donors (Lipinski definition) is 4. The highest BCUT2D eigenvalue weighted by molar-refractivity contribution is 5.95. The molecule has 0 bridgehead atoms. The quantitative estimate of drug-likeness (QED) is 0.543. The van der Waals surface area contributed by atoms with E-state index in [9.17, 15) is 4.79 Å². The molecular formula is C18H21N5O2. The zero-order valence-electron chi connectivity index (χ0n) is 14.0. The molecule has 2 aromatic carbocycles. The maximum atomic E-state index is 12.4. The molecule has 0 fully saturated rings. The number of ether oxygens (including phenoxy) is 1. The average molecular weight is 339 g/mol. The van der Waals surface area contributed by atoms with Crippen molar-refractivity contribution >= 4 is 22.5 Å². The number of carbonyl (C=O) groups is 1. The van der Waals surface area contributed by atoms with Gasteiger partial charge in [-0.15, -0.1) is 0 Å². The Balaban J connectivity index is 1.70. The SMILES string of the molecule is COc1cc(NC(=O)C(N)Cc2[nH]nc3ccccc23)ccc1CN. The van der Waals surface area contributed by atoms with Gasteiger partial charge in [0.2, 0.25) is 5.91 Å². The van der Waals surface area contributed by atoms with Crippen LogP contribution >= 0.6 is 0 Å². The molecule has 6 N–H and O–H groups in total. The van der Waals surface area contributed by atoms with E-state index in [0.29, 0.717) is 24.4 Å². The normalized spacial score (nSPS) is 12.1. The summed E-state index contributed by atoms with van der Waals surface area (Å²) < 4.78 is 5.28. The summed E-state index contributed by atoms with van der Waals surface area (Å²) in [5.41, 5.74) is 14.9. The van der Waals surface area contributed by atoms with Gasteiger partial charge in [0.05, 0.1) is 18.7 Å². The smallest absolute Gasteiger partial charge is 0.241 e. The molecule has 1 aromatic heterocycles. The molecule has 3 rings (SSSR count). The second-order valence-electron chi connectivity index (χ2n) is 5.75. The van der Waals surface area contributed by atoms with Gasteiger partial charge in [-0.2, -0.15) is 5.10 Å². The number of benzene rings is 2. The maximum absolute atomic E-state index is 12.4. The number of rotatable bonds is 6. The van der Waals surface area contributed by atoms with Crippen molar-refractivity contribution in [3.63, 3.8) is 0 Å².